The van der Waals surface area contributed by atoms with Gasteiger partial charge >= 0.3 is 34.1 Å². The van der Waals surface area contributed by atoms with Crippen LogP contribution in [0.1, 0.15) is 81.7 Å². The normalized spacial score (nSPS) is 13.4. The summed E-state index contributed by atoms with van der Waals surface area (Å²) in [4.78, 5) is 0. The number of rotatable bonds is 10. The van der Waals surface area contributed by atoms with E-state index < -0.39 is 15.2 Å². The van der Waals surface area contributed by atoms with Gasteiger partial charge in [-0.1, -0.05) is 20.8 Å². The standard InChI is InChI=1S/C22H39O6P2.Li/c1-15(2)25-29(23,26-16(3)4)20-12-19(22(9,10)11)13-21(14-20)30(24,27-17(5)6)28-18(7)8;/h12-13,15-18H,1-11H3;/q-1;+1. The minimum absolute atomic E-state index is 0. The zero-order valence-corrected chi connectivity index (χ0v) is 23.1. The first-order chi connectivity index (χ1) is 13.5. The van der Waals surface area contributed by atoms with Crippen LogP contribution in [-0.4, -0.2) is 24.4 Å². The molecule has 1 aromatic rings. The van der Waals surface area contributed by atoms with Gasteiger partial charge in [0.25, 0.3) is 0 Å². The molecule has 0 heterocycles. The van der Waals surface area contributed by atoms with Crippen molar-refractivity contribution in [3.8, 4) is 0 Å². The van der Waals surface area contributed by atoms with Crippen LogP contribution in [0.5, 0.6) is 0 Å². The van der Waals surface area contributed by atoms with Gasteiger partial charge in [0.15, 0.2) is 0 Å². The summed E-state index contributed by atoms with van der Waals surface area (Å²) in [5.74, 6) is 0. The first-order valence-electron chi connectivity index (χ1n) is 10.5. The van der Waals surface area contributed by atoms with E-state index in [9.17, 15) is 9.13 Å². The maximum absolute atomic E-state index is 13.8. The van der Waals surface area contributed by atoms with Crippen LogP contribution in [0.2, 0.25) is 0 Å². The fraction of sp³-hybridized carbons (Fsp3) is 0.727. The molecule has 1 rings (SSSR count). The van der Waals surface area contributed by atoms with Gasteiger partial charge in [0, 0.05) is 0 Å². The Hall–Kier alpha value is 0.117. The van der Waals surface area contributed by atoms with E-state index in [0.29, 0.717) is 0 Å². The average molecular weight is 468 g/mol. The molecule has 6 nitrogen and oxygen atoms in total. The molecule has 0 aliphatic rings. The van der Waals surface area contributed by atoms with E-state index in [4.69, 9.17) is 18.1 Å². The van der Waals surface area contributed by atoms with Crippen LogP contribution < -0.4 is 29.5 Å². The Bertz CT molecular complexity index is 715. The fourth-order valence-corrected chi connectivity index (χ4v) is 6.63. The van der Waals surface area contributed by atoms with Gasteiger partial charge in [0.2, 0.25) is 0 Å². The third-order valence-electron chi connectivity index (χ3n) is 3.70. The molecule has 0 bridgehead atoms. The predicted octanol–water partition coefficient (Wildman–Crippen LogP) is 3.13. The van der Waals surface area contributed by atoms with Crippen LogP contribution in [0.15, 0.2) is 12.1 Å². The molecular formula is C22H39LiO6P2. The van der Waals surface area contributed by atoms with Gasteiger partial charge in [0.1, 0.15) is 0 Å². The van der Waals surface area contributed by atoms with E-state index in [1.54, 1.807) is 67.5 Å². The monoisotopic (exact) mass is 468 g/mol. The SMILES string of the molecule is CC(C)OP(=O)(OC(C)C)c1[c-]c(P(=O)(OC(C)C)OC(C)C)cc(C(C)(C)C)c1.[Li+]. The Labute approximate surface area is 201 Å². The van der Waals surface area contributed by atoms with Gasteiger partial charge in [-0.05, 0) is 71.4 Å². The minimum atomic E-state index is -3.73. The third kappa shape index (κ3) is 9.48. The second kappa shape index (κ2) is 12.0. The zero-order valence-electron chi connectivity index (χ0n) is 21.3. The summed E-state index contributed by atoms with van der Waals surface area (Å²) in [5, 5.41) is 0.458. The quantitative estimate of drug-likeness (QED) is 0.299. The van der Waals surface area contributed by atoms with Gasteiger partial charge in [-0.15, -0.1) is 0 Å². The van der Waals surface area contributed by atoms with Crippen molar-refractivity contribution in [2.24, 2.45) is 0 Å². The summed E-state index contributed by atoms with van der Waals surface area (Å²) in [6.07, 6.45) is -1.35. The molecule has 0 saturated carbocycles. The molecule has 31 heavy (non-hydrogen) atoms. The summed E-state index contributed by atoms with van der Waals surface area (Å²) < 4.78 is 50.6. The van der Waals surface area contributed by atoms with Crippen molar-refractivity contribution in [2.75, 3.05) is 0 Å². The molecule has 0 fully saturated rings. The number of hydrogen-bond acceptors (Lipinski definition) is 6. The summed E-state index contributed by atoms with van der Waals surface area (Å²) in [6.45, 7) is 20.4. The van der Waals surface area contributed by atoms with Crippen molar-refractivity contribution in [3.63, 3.8) is 0 Å². The van der Waals surface area contributed by atoms with Crippen molar-refractivity contribution >= 4 is 25.8 Å². The van der Waals surface area contributed by atoms with Crippen molar-refractivity contribution in [1.29, 1.82) is 0 Å². The van der Waals surface area contributed by atoms with Gasteiger partial charge in [-0.2, -0.15) is 23.8 Å². The molecular weight excluding hydrogens is 429 g/mol. The van der Waals surface area contributed by atoms with E-state index in [-0.39, 0.29) is 59.3 Å². The topological polar surface area (TPSA) is 71.1 Å². The van der Waals surface area contributed by atoms with E-state index in [1.807, 2.05) is 20.8 Å². The van der Waals surface area contributed by atoms with Crippen LogP contribution in [0.3, 0.4) is 0 Å². The van der Waals surface area contributed by atoms with Crippen molar-refractivity contribution in [2.45, 2.75) is 106 Å². The number of benzene rings is 1. The molecule has 9 heteroatoms. The van der Waals surface area contributed by atoms with Crippen LogP contribution >= 0.6 is 15.2 Å². The largest absolute Gasteiger partial charge is 1.00 e. The molecule has 0 radical (unpaired) electrons. The van der Waals surface area contributed by atoms with Gasteiger partial charge in [0.05, 0.1) is 24.4 Å². The van der Waals surface area contributed by atoms with E-state index in [0.717, 1.165) is 5.56 Å². The van der Waals surface area contributed by atoms with Crippen LogP contribution in [0, 0.1) is 6.07 Å². The maximum Gasteiger partial charge on any atom is 1.00 e. The smallest absolute Gasteiger partial charge is 0.304 e. The Kier molecular flexibility index (Phi) is 12.1. The zero-order chi connectivity index (χ0) is 23.5. The molecule has 1 aromatic carbocycles. The van der Waals surface area contributed by atoms with Crippen molar-refractivity contribution in [3.05, 3.63) is 23.8 Å². The van der Waals surface area contributed by atoms with E-state index in [1.165, 1.54) is 0 Å². The predicted molar refractivity (Wildman–Crippen MR) is 123 cm³/mol. The average Bonchev–Trinajstić information content (AvgIpc) is 2.50. The number of hydrogen-bond donors (Lipinski definition) is 0. The van der Waals surface area contributed by atoms with Gasteiger partial charge < -0.3 is 18.1 Å². The van der Waals surface area contributed by atoms with Crippen molar-refractivity contribution < 1.29 is 46.1 Å². The summed E-state index contributed by atoms with van der Waals surface area (Å²) in [7, 11) is -7.47. The Balaban J connectivity index is 0.00000900. The molecule has 0 amide bonds. The summed E-state index contributed by atoms with van der Waals surface area (Å²) in [6, 6.07) is 6.54. The molecule has 0 aromatic heterocycles. The molecule has 0 aliphatic heterocycles. The molecule has 0 N–H and O–H groups in total. The van der Waals surface area contributed by atoms with Crippen LogP contribution in [-0.2, 0) is 32.6 Å². The molecule has 0 atom stereocenters. The Morgan fingerprint density at radius 2 is 0.935 bits per heavy atom. The van der Waals surface area contributed by atoms with Crippen molar-refractivity contribution in [1.82, 2.24) is 0 Å². The first kappa shape index (κ1) is 31.1. The Morgan fingerprint density at radius 1 is 0.677 bits per heavy atom. The fourth-order valence-electron chi connectivity index (χ4n) is 2.65. The minimum Gasteiger partial charge on any atom is -0.304 e. The molecule has 174 valence electrons. The molecule has 0 saturated heterocycles. The van der Waals surface area contributed by atoms with Crippen LogP contribution in [0.25, 0.3) is 0 Å². The van der Waals surface area contributed by atoms with E-state index >= 15 is 0 Å². The Morgan fingerprint density at radius 3 is 1.13 bits per heavy atom. The van der Waals surface area contributed by atoms with E-state index in [2.05, 4.69) is 6.07 Å². The molecule has 0 unspecified atom stereocenters. The van der Waals surface area contributed by atoms with Gasteiger partial charge in [-0.3, -0.25) is 9.13 Å². The second-order valence-electron chi connectivity index (χ2n) is 9.50. The molecule has 0 aliphatic carbocycles. The molecule has 0 spiro atoms. The summed E-state index contributed by atoms with van der Waals surface area (Å²) >= 11 is 0. The second-order valence-corrected chi connectivity index (χ2v) is 13.3. The third-order valence-corrected chi connectivity index (χ3v) is 8.15. The van der Waals surface area contributed by atoms with Crippen LogP contribution in [0.4, 0.5) is 0 Å². The maximum atomic E-state index is 13.8. The van der Waals surface area contributed by atoms with Gasteiger partial charge in [-0.25, -0.2) is 0 Å². The first-order valence-corrected chi connectivity index (χ1v) is 13.6. The summed E-state index contributed by atoms with van der Waals surface area (Å²) in [5.41, 5.74) is 0.491.